The number of furan rings is 1. The Hall–Kier alpha value is -1.35. The molecule has 17 heavy (non-hydrogen) atoms. The molecule has 2 nitrogen and oxygen atoms in total. The summed E-state index contributed by atoms with van der Waals surface area (Å²) in [6.45, 7) is 2.84. The summed E-state index contributed by atoms with van der Waals surface area (Å²) in [4.78, 5) is 0. The first kappa shape index (κ1) is 12.1. The number of aryl methyl sites for hydroxylation is 1. The standard InChI is InChI=1S/C14H17NOS/c1-11-5-3-4-6-14(11)15-9-12-7-8-13(16-12)10-17-2/h3-8,15H,9-10H2,1-2H3. The topological polar surface area (TPSA) is 25.2 Å². The van der Waals surface area contributed by atoms with Crippen LogP contribution < -0.4 is 5.32 Å². The Balaban J connectivity index is 1.95. The Kier molecular flexibility index (Phi) is 4.15. The summed E-state index contributed by atoms with van der Waals surface area (Å²) in [6.07, 6.45) is 2.08. The van der Waals surface area contributed by atoms with E-state index >= 15 is 0 Å². The maximum absolute atomic E-state index is 5.70. The molecule has 1 N–H and O–H groups in total. The summed E-state index contributed by atoms with van der Waals surface area (Å²) in [5.41, 5.74) is 2.42. The first-order valence-electron chi connectivity index (χ1n) is 5.65. The lowest BCUT2D eigenvalue weighted by atomic mass is 10.2. The van der Waals surface area contributed by atoms with Crippen LogP contribution in [-0.2, 0) is 12.3 Å². The molecular formula is C14H17NOS. The Morgan fingerprint density at radius 3 is 2.65 bits per heavy atom. The second kappa shape index (κ2) is 5.82. The van der Waals surface area contributed by atoms with Gasteiger partial charge in [0.2, 0.25) is 0 Å². The monoisotopic (exact) mass is 247 g/mol. The summed E-state index contributed by atoms with van der Waals surface area (Å²) in [7, 11) is 0. The maximum Gasteiger partial charge on any atom is 0.123 e. The third kappa shape index (κ3) is 3.30. The van der Waals surface area contributed by atoms with Crippen LogP contribution in [0.3, 0.4) is 0 Å². The van der Waals surface area contributed by atoms with Crippen LogP contribution in [0.4, 0.5) is 5.69 Å². The Bertz CT molecular complexity index is 479. The van der Waals surface area contributed by atoms with Crippen molar-refractivity contribution in [3.05, 3.63) is 53.5 Å². The second-order valence-electron chi connectivity index (χ2n) is 3.97. The first-order chi connectivity index (χ1) is 8.29. The van der Waals surface area contributed by atoms with Crippen LogP contribution in [-0.4, -0.2) is 6.26 Å². The van der Waals surface area contributed by atoms with Gasteiger partial charge in [0.05, 0.1) is 12.3 Å². The van der Waals surface area contributed by atoms with Gasteiger partial charge in [-0.05, 0) is 36.9 Å². The van der Waals surface area contributed by atoms with Crippen molar-refractivity contribution in [2.45, 2.75) is 19.2 Å². The average molecular weight is 247 g/mol. The van der Waals surface area contributed by atoms with E-state index in [4.69, 9.17) is 4.42 Å². The number of benzene rings is 1. The van der Waals surface area contributed by atoms with Crippen molar-refractivity contribution in [1.29, 1.82) is 0 Å². The van der Waals surface area contributed by atoms with E-state index in [0.29, 0.717) is 0 Å². The SMILES string of the molecule is CSCc1ccc(CNc2ccccc2C)o1. The van der Waals surface area contributed by atoms with Gasteiger partial charge in [0, 0.05) is 5.69 Å². The van der Waals surface area contributed by atoms with Crippen molar-refractivity contribution in [3.63, 3.8) is 0 Å². The number of rotatable bonds is 5. The molecule has 0 atom stereocenters. The van der Waals surface area contributed by atoms with Gasteiger partial charge in [-0.25, -0.2) is 0 Å². The van der Waals surface area contributed by atoms with Gasteiger partial charge in [0.15, 0.2) is 0 Å². The molecule has 0 unspecified atom stereocenters. The molecule has 90 valence electrons. The molecule has 0 aliphatic carbocycles. The molecule has 0 aliphatic rings. The van der Waals surface area contributed by atoms with Gasteiger partial charge in [0.1, 0.15) is 11.5 Å². The van der Waals surface area contributed by atoms with Gasteiger partial charge >= 0.3 is 0 Å². The Morgan fingerprint density at radius 1 is 1.12 bits per heavy atom. The van der Waals surface area contributed by atoms with E-state index in [9.17, 15) is 0 Å². The Morgan fingerprint density at radius 2 is 1.88 bits per heavy atom. The number of thioether (sulfide) groups is 1. The van der Waals surface area contributed by atoms with Gasteiger partial charge < -0.3 is 9.73 Å². The largest absolute Gasteiger partial charge is 0.463 e. The van der Waals surface area contributed by atoms with Gasteiger partial charge in [-0.3, -0.25) is 0 Å². The highest BCUT2D eigenvalue weighted by Gasteiger charge is 2.02. The summed E-state index contributed by atoms with van der Waals surface area (Å²) in [5, 5.41) is 3.38. The number of para-hydroxylation sites is 1. The first-order valence-corrected chi connectivity index (χ1v) is 7.05. The van der Waals surface area contributed by atoms with Crippen molar-refractivity contribution >= 4 is 17.4 Å². The second-order valence-corrected chi connectivity index (χ2v) is 4.84. The minimum Gasteiger partial charge on any atom is -0.463 e. The zero-order chi connectivity index (χ0) is 12.1. The minimum absolute atomic E-state index is 0.735. The van der Waals surface area contributed by atoms with Crippen LogP contribution >= 0.6 is 11.8 Å². The molecule has 1 aromatic heterocycles. The fraction of sp³-hybridized carbons (Fsp3) is 0.286. The van der Waals surface area contributed by atoms with Crippen molar-refractivity contribution < 1.29 is 4.42 Å². The number of hydrogen-bond donors (Lipinski definition) is 1. The van der Waals surface area contributed by atoms with Crippen molar-refractivity contribution in [1.82, 2.24) is 0 Å². The molecule has 0 radical (unpaired) electrons. The van der Waals surface area contributed by atoms with E-state index in [2.05, 4.69) is 30.6 Å². The molecule has 0 bridgehead atoms. The average Bonchev–Trinajstić information content (AvgIpc) is 2.76. The van der Waals surface area contributed by atoms with Crippen molar-refractivity contribution in [2.24, 2.45) is 0 Å². The number of nitrogens with one attached hydrogen (secondary N) is 1. The van der Waals surface area contributed by atoms with Crippen molar-refractivity contribution in [2.75, 3.05) is 11.6 Å². The molecule has 0 spiro atoms. The van der Waals surface area contributed by atoms with E-state index in [0.717, 1.165) is 29.5 Å². The molecule has 1 aromatic carbocycles. The molecule has 0 fully saturated rings. The highest BCUT2D eigenvalue weighted by Crippen LogP contribution is 2.17. The lowest BCUT2D eigenvalue weighted by molar-refractivity contribution is 0.487. The lowest BCUT2D eigenvalue weighted by Gasteiger charge is -2.07. The normalized spacial score (nSPS) is 10.5. The fourth-order valence-corrected chi connectivity index (χ4v) is 2.13. The number of hydrogen-bond acceptors (Lipinski definition) is 3. The van der Waals surface area contributed by atoms with E-state index in [-0.39, 0.29) is 0 Å². The van der Waals surface area contributed by atoms with Crippen LogP contribution in [0.2, 0.25) is 0 Å². The number of anilines is 1. The van der Waals surface area contributed by atoms with Gasteiger partial charge in [0.25, 0.3) is 0 Å². The molecule has 0 amide bonds. The molecular weight excluding hydrogens is 230 g/mol. The van der Waals surface area contributed by atoms with E-state index in [1.165, 1.54) is 5.56 Å². The molecule has 1 heterocycles. The zero-order valence-electron chi connectivity index (χ0n) is 10.2. The summed E-state index contributed by atoms with van der Waals surface area (Å²) in [5.74, 6) is 2.96. The summed E-state index contributed by atoms with van der Waals surface area (Å²) < 4.78 is 5.70. The van der Waals surface area contributed by atoms with E-state index in [1.807, 2.05) is 24.3 Å². The van der Waals surface area contributed by atoms with Crippen molar-refractivity contribution in [3.8, 4) is 0 Å². The highest BCUT2D eigenvalue weighted by molar-refractivity contribution is 7.97. The highest BCUT2D eigenvalue weighted by atomic mass is 32.2. The smallest absolute Gasteiger partial charge is 0.123 e. The predicted molar refractivity (Wildman–Crippen MR) is 74.4 cm³/mol. The predicted octanol–water partition coefficient (Wildman–Crippen LogP) is 4.06. The minimum atomic E-state index is 0.735. The van der Waals surface area contributed by atoms with Crippen LogP contribution in [0.25, 0.3) is 0 Å². The van der Waals surface area contributed by atoms with Crippen LogP contribution in [0.1, 0.15) is 17.1 Å². The fourth-order valence-electron chi connectivity index (χ4n) is 1.69. The van der Waals surface area contributed by atoms with Gasteiger partial charge in [-0.1, -0.05) is 18.2 Å². The molecule has 0 saturated carbocycles. The molecule has 0 saturated heterocycles. The molecule has 2 rings (SSSR count). The summed E-state index contributed by atoms with van der Waals surface area (Å²) >= 11 is 1.77. The third-order valence-corrected chi connectivity index (χ3v) is 3.18. The Labute approximate surface area is 106 Å². The van der Waals surface area contributed by atoms with Crippen LogP contribution in [0.5, 0.6) is 0 Å². The van der Waals surface area contributed by atoms with Gasteiger partial charge in [-0.2, -0.15) is 11.8 Å². The summed E-state index contributed by atoms with van der Waals surface area (Å²) in [6, 6.07) is 12.4. The van der Waals surface area contributed by atoms with Crippen LogP contribution in [0.15, 0.2) is 40.8 Å². The van der Waals surface area contributed by atoms with E-state index < -0.39 is 0 Å². The third-order valence-electron chi connectivity index (χ3n) is 2.60. The lowest BCUT2D eigenvalue weighted by Crippen LogP contribution is -1.99. The molecule has 2 aromatic rings. The molecule has 0 aliphatic heterocycles. The van der Waals surface area contributed by atoms with E-state index in [1.54, 1.807) is 11.8 Å². The quantitative estimate of drug-likeness (QED) is 0.862. The molecule has 3 heteroatoms. The van der Waals surface area contributed by atoms with Crippen LogP contribution in [0, 0.1) is 6.92 Å². The maximum atomic E-state index is 5.70. The zero-order valence-corrected chi connectivity index (χ0v) is 11.0. The van der Waals surface area contributed by atoms with Gasteiger partial charge in [-0.15, -0.1) is 0 Å².